The maximum Gasteiger partial charge on any atom is 0.0891 e. The molecule has 1 aliphatic carbocycles. The monoisotopic (exact) mass is 152 g/mol. The van der Waals surface area contributed by atoms with Gasteiger partial charge in [-0.3, -0.25) is 0 Å². The Kier molecular flexibility index (Phi) is 2.19. The van der Waals surface area contributed by atoms with Crippen LogP contribution in [-0.4, -0.2) is 10.7 Å². The minimum atomic E-state index is -0.612. The first-order valence-electron chi connectivity index (χ1n) is 4.08. The van der Waals surface area contributed by atoms with E-state index in [1.54, 1.807) is 0 Å². The lowest BCUT2D eigenvalue weighted by Gasteiger charge is -2.31. The SMILES string of the molecule is C=C(C)[C@]1(O)CCC=C(C)C1. The first-order chi connectivity index (χ1) is 5.04. The highest BCUT2D eigenvalue weighted by Gasteiger charge is 2.29. The largest absolute Gasteiger partial charge is 0.385 e. The van der Waals surface area contributed by atoms with E-state index in [1.807, 2.05) is 6.92 Å². The van der Waals surface area contributed by atoms with Crippen LogP contribution in [0.25, 0.3) is 0 Å². The predicted octanol–water partition coefficient (Wildman–Crippen LogP) is 2.42. The van der Waals surface area contributed by atoms with Gasteiger partial charge < -0.3 is 5.11 Å². The zero-order valence-corrected chi connectivity index (χ0v) is 7.35. The molecular weight excluding hydrogens is 136 g/mol. The van der Waals surface area contributed by atoms with Gasteiger partial charge in [0.05, 0.1) is 5.60 Å². The molecule has 0 aromatic heterocycles. The second-order valence-corrected chi connectivity index (χ2v) is 3.58. The van der Waals surface area contributed by atoms with Gasteiger partial charge >= 0.3 is 0 Å². The fourth-order valence-corrected chi connectivity index (χ4v) is 1.54. The molecule has 1 rings (SSSR count). The Balaban J connectivity index is 2.76. The van der Waals surface area contributed by atoms with Crippen LogP contribution in [0.1, 0.15) is 33.1 Å². The van der Waals surface area contributed by atoms with Gasteiger partial charge in [0.15, 0.2) is 0 Å². The molecule has 0 spiro atoms. The maximum atomic E-state index is 9.98. The van der Waals surface area contributed by atoms with Crippen LogP contribution < -0.4 is 0 Å². The third kappa shape index (κ3) is 1.72. The summed E-state index contributed by atoms with van der Waals surface area (Å²) in [6.45, 7) is 7.77. The summed E-state index contributed by atoms with van der Waals surface area (Å²) in [4.78, 5) is 0. The molecule has 0 aliphatic heterocycles. The minimum Gasteiger partial charge on any atom is -0.385 e. The zero-order chi connectivity index (χ0) is 8.48. The highest BCUT2D eigenvalue weighted by atomic mass is 16.3. The third-order valence-corrected chi connectivity index (χ3v) is 2.42. The van der Waals surface area contributed by atoms with Crippen molar-refractivity contribution in [1.82, 2.24) is 0 Å². The summed E-state index contributed by atoms with van der Waals surface area (Å²) in [5, 5.41) is 9.98. The minimum absolute atomic E-state index is 0.612. The molecule has 1 nitrogen and oxygen atoms in total. The Morgan fingerprint density at radius 2 is 2.36 bits per heavy atom. The van der Waals surface area contributed by atoms with E-state index in [-0.39, 0.29) is 0 Å². The van der Waals surface area contributed by atoms with E-state index >= 15 is 0 Å². The molecule has 0 unspecified atom stereocenters. The molecule has 0 aromatic carbocycles. The van der Waals surface area contributed by atoms with Crippen molar-refractivity contribution in [3.8, 4) is 0 Å². The molecule has 0 aromatic rings. The van der Waals surface area contributed by atoms with Gasteiger partial charge in [-0.25, -0.2) is 0 Å². The van der Waals surface area contributed by atoms with Crippen LogP contribution in [0.3, 0.4) is 0 Å². The van der Waals surface area contributed by atoms with Crippen LogP contribution in [0, 0.1) is 0 Å². The standard InChI is InChI=1S/C10H16O/c1-8(2)10(11)6-4-5-9(3)7-10/h5,11H,1,4,6-7H2,2-3H3/t10-/m0/s1. The normalized spacial score (nSPS) is 31.4. The van der Waals surface area contributed by atoms with Gasteiger partial charge in [-0.2, -0.15) is 0 Å². The van der Waals surface area contributed by atoms with Crippen LogP contribution in [0.5, 0.6) is 0 Å². The van der Waals surface area contributed by atoms with Crippen molar-refractivity contribution < 1.29 is 5.11 Å². The molecule has 62 valence electrons. The van der Waals surface area contributed by atoms with Crippen LogP contribution >= 0.6 is 0 Å². The molecule has 1 aliphatic rings. The summed E-state index contributed by atoms with van der Waals surface area (Å²) in [5.41, 5.74) is 1.56. The van der Waals surface area contributed by atoms with Crippen LogP contribution in [0.2, 0.25) is 0 Å². The Hall–Kier alpha value is -0.560. The highest BCUT2D eigenvalue weighted by molar-refractivity contribution is 5.19. The van der Waals surface area contributed by atoms with Crippen molar-refractivity contribution in [3.63, 3.8) is 0 Å². The Bertz CT molecular complexity index is 203. The molecule has 0 amide bonds. The summed E-state index contributed by atoms with van der Waals surface area (Å²) in [6, 6.07) is 0. The molecule has 0 bridgehead atoms. The van der Waals surface area contributed by atoms with Crippen molar-refractivity contribution in [2.75, 3.05) is 0 Å². The molecule has 11 heavy (non-hydrogen) atoms. The molecular formula is C10H16O. The van der Waals surface area contributed by atoms with Gasteiger partial charge in [-0.1, -0.05) is 18.2 Å². The number of aliphatic hydroxyl groups is 1. The van der Waals surface area contributed by atoms with Gasteiger partial charge in [0.25, 0.3) is 0 Å². The second-order valence-electron chi connectivity index (χ2n) is 3.58. The molecule has 0 radical (unpaired) electrons. The van der Waals surface area contributed by atoms with E-state index in [2.05, 4.69) is 19.6 Å². The Morgan fingerprint density at radius 3 is 2.73 bits per heavy atom. The van der Waals surface area contributed by atoms with Crippen molar-refractivity contribution in [2.45, 2.75) is 38.7 Å². The summed E-state index contributed by atoms with van der Waals surface area (Å²) >= 11 is 0. The topological polar surface area (TPSA) is 20.2 Å². The fourth-order valence-electron chi connectivity index (χ4n) is 1.54. The van der Waals surface area contributed by atoms with Crippen molar-refractivity contribution in [1.29, 1.82) is 0 Å². The number of hydrogen-bond donors (Lipinski definition) is 1. The van der Waals surface area contributed by atoms with Crippen molar-refractivity contribution in [3.05, 3.63) is 23.8 Å². The highest BCUT2D eigenvalue weighted by Crippen LogP contribution is 2.32. The first-order valence-corrected chi connectivity index (χ1v) is 4.08. The number of hydrogen-bond acceptors (Lipinski definition) is 1. The third-order valence-electron chi connectivity index (χ3n) is 2.42. The molecule has 1 N–H and O–H groups in total. The van der Waals surface area contributed by atoms with Gasteiger partial charge in [-0.15, -0.1) is 0 Å². The predicted molar refractivity (Wildman–Crippen MR) is 47.4 cm³/mol. The average Bonchev–Trinajstić information content (AvgIpc) is 1.86. The first kappa shape index (κ1) is 8.54. The van der Waals surface area contributed by atoms with Crippen LogP contribution in [0.15, 0.2) is 23.8 Å². The second kappa shape index (κ2) is 2.82. The summed E-state index contributed by atoms with van der Waals surface area (Å²) in [5.74, 6) is 0. The van der Waals surface area contributed by atoms with E-state index in [0.717, 1.165) is 24.8 Å². The molecule has 1 atom stereocenters. The van der Waals surface area contributed by atoms with E-state index < -0.39 is 5.60 Å². The van der Waals surface area contributed by atoms with Gasteiger partial charge in [0, 0.05) is 6.42 Å². The van der Waals surface area contributed by atoms with Gasteiger partial charge in [0.1, 0.15) is 0 Å². The molecule has 0 saturated carbocycles. The maximum absolute atomic E-state index is 9.98. The van der Waals surface area contributed by atoms with Gasteiger partial charge in [-0.05, 0) is 32.3 Å². The number of rotatable bonds is 1. The lowest BCUT2D eigenvalue weighted by Crippen LogP contribution is -2.31. The van der Waals surface area contributed by atoms with Gasteiger partial charge in [0.2, 0.25) is 0 Å². The summed E-state index contributed by atoms with van der Waals surface area (Å²) < 4.78 is 0. The average molecular weight is 152 g/mol. The smallest absolute Gasteiger partial charge is 0.0891 e. The summed E-state index contributed by atoms with van der Waals surface area (Å²) in [6.07, 6.45) is 4.77. The Morgan fingerprint density at radius 1 is 1.73 bits per heavy atom. The Labute approximate surface area is 68.4 Å². The van der Waals surface area contributed by atoms with E-state index in [4.69, 9.17) is 0 Å². The summed E-state index contributed by atoms with van der Waals surface area (Å²) in [7, 11) is 0. The molecule has 0 fully saturated rings. The lowest BCUT2D eigenvalue weighted by atomic mass is 9.81. The lowest BCUT2D eigenvalue weighted by molar-refractivity contribution is 0.0661. The van der Waals surface area contributed by atoms with Crippen LogP contribution in [0.4, 0.5) is 0 Å². The van der Waals surface area contributed by atoms with E-state index in [1.165, 1.54) is 5.57 Å². The fraction of sp³-hybridized carbons (Fsp3) is 0.600. The molecule has 1 heteroatoms. The molecule has 0 heterocycles. The van der Waals surface area contributed by atoms with Crippen molar-refractivity contribution in [2.24, 2.45) is 0 Å². The van der Waals surface area contributed by atoms with E-state index in [0.29, 0.717) is 0 Å². The van der Waals surface area contributed by atoms with E-state index in [9.17, 15) is 5.11 Å². The zero-order valence-electron chi connectivity index (χ0n) is 7.35. The number of allylic oxidation sites excluding steroid dienone is 1. The molecule has 0 saturated heterocycles. The quantitative estimate of drug-likeness (QED) is 0.572. The van der Waals surface area contributed by atoms with Crippen molar-refractivity contribution >= 4 is 0 Å². The van der Waals surface area contributed by atoms with Crippen LogP contribution in [-0.2, 0) is 0 Å².